The molecule has 1 aromatic carbocycles. The first-order chi connectivity index (χ1) is 9.22. The van der Waals surface area contributed by atoms with Crippen molar-refractivity contribution in [1.82, 2.24) is 0 Å². The average molecular weight is 265 g/mol. The van der Waals surface area contributed by atoms with E-state index in [-0.39, 0.29) is 12.1 Å². The lowest BCUT2D eigenvalue weighted by Crippen LogP contribution is -2.23. The fraction of sp³-hybridized carbons (Fsp3) is 0.600. The maximum atomic E-state index is 6.05. The summed E-state index contributed by atoms with van der Waals surface area (Å²) < 4.78 is 16.6. The summed E-state index contributed by atoms with van der Waals surface area (Å²) >= 11 is 0. The van der Waals surface area contributed by atoms with Crippen molar-refractivity contribution in [3.8, 4) is 11.5 Å². The van der Waals surface area contributed by atoms with E-state index in [1.54, 1.807) is 7.11 Å². The van der Waals surface area contributed by atoms with Gasteiger partial charge in [-0.25, -0.2) is 0 Å². The van der Waals surface area contributed by atoms with E-state index in [4.69, 9.17) is 19.9 Å². The molecule has 1 aliphatic heterocycles. The van der Waals surface area contributed by atoms with Crippen molar-refractivity contribution < 1.29 is 14.2 Å². The van der Waals surface area contributed by atoms with E-state index in [1.165, 1.54) is 0 Å². The number of hydrogen-bond donors (Lipinski definition) is 1. The molecule has 1 heterocycles. The molecule has 0 aromatic heterocycles. The summed E-state index contributed by atoms with van der Waals surface area (Å²) in [6, 6.07) is 6.05. The number of ether oxygens (including phenoxy) is 3. The largest absolute Gasteiger partial charge is 0.497 e. The number of nitrogens with two attached hydrogens (primary N) is 1. The first-order valence-corrected chi connectivity index (χ1v) is 6.89. The van der Waals surface area contributed by atoms with Crippen LogP contribution in [0.15, 0.2) is 18.2 Å². The Morgan fingerprint density at radius 1 is 1.47 bits per heavy atom. The van der Waals surface area contributed by atoms with Crippen LogP contribution in [0.4, 0.5) is 0 Å². The summed E-state index contributed by atoms with van der Waals surface area (Å²) in [5, 5.41) is 0. The second-order valence-electron chi connectivity index (χ2n) is 4.95. The molecular formula is C15H23NO3. The number of methoxy groups -OCH3 is 1. The Balaban J connectivity index is 2.14. The normalized spacial score (nSPS) is 20.3. The van der Waals surface area contributed by atoms with Gasteiger partial charge in [-0.05, 0) is 36.6 Å². The van der Waals surface area contributed by atoms with E-state index in [2.05, 4.69) is 6.92 Å². The van der Waals surface area contributed by atoms with Crippen molar-refractivity contribution >= 4 is 0 Å². The second kappa shape index (κ2) is 6.78. The van der Waals surface area contributed by atoms with Gasteiger partial charge in [0.2, 0.25) is 0 Å². The molecule has 106 valence electrons. The SMILES string of the molecule is CCC(N)Cc1cc(OC)ccc1OC1CCOC1. The van der Waals surface area contributed by atoms with E-state index < -0.39 is 0 Å². The molecule has 1 aromatic rings. The Morgan fingerprint density at radius 3 is 2.95 bits per heavy atom. The summed E-state index contributed by atoms with van der Waals surface area (Å²) in [7, 11) is 1.67. The molecule has 2 atom stereocenters. The van der Waals surface area contributed by atoms with Gasteiger partial charge < -0.3 is 19.9 Å². The first-order valence-electron chi connectivity index (χ1n) is 6.89. The lowest BCUT2D eigenvalue weighted by molar-refractivity contribution is 0.140. The van der Waals surface area contributed by atoms with Crippen molar-refractivity contribution in [2.45, 2.75) is 38.3 Å². The number of benzene rings is 1. The van der Waals surface area contributed by atoms with E-state index >= 15 is 0 Å². The van der Waals surface area contributed by atoms with Gasteiger partial charge in [-0.15, -0.1) is 0 Å². The van der Waals surface area contributed by atoms with Gasteiger partial charge in [0, 0.05) is 12.5 Å². The standard InChI is InChI=1S/C15H23NO3/c1-3-12(16)8-11-9-13(17-2)4-5-15(11)19-14-6-7-18-10-14/h4-5,9,12,14H,3,6-8,10,16H2,1-2H3. The van der Waals surface area contributed by atoms with E-state index in [1.807, 2.05) is 18.2 Å². The van der Waals surface area contributed by atoms with Gasteiger partial charge in [0.25, 0.3) is 0 Å². The fourth-order valence-electron chi connectivity index (χ4n) is 2.17. The Morgan fingerprint density at radius 2 is 2.32 bits per heavy atom. The molecule has 1 saturated heterocycles. The molecule has 2 N–H and O–H groups in total. The van der Waals surface area contributed by atoms with Crippen molar-refractivity contribution in [3.05, 3.63) is 23.8 Å². The minimum absolute atomic E-state index is 0.147. The minimum atomic E-state index is 0.147. The Bertz CT molecular complexity index is 402. The topological polar surface area (TPSA) is 53.7 Å². The van der Waals surface area contributed by atoms with Crippen LogP contribution in [0.2, 0.25) is 0 Å². The highest BCUT2D eigenvalue weighted by atomic mass is 16.5. The summed E-state index contributed by atoms with van der Waals surface area (Å²) in [5.74, 6) is 1.74. The molecule has 2 unspecified atom stereocenters. The van der Waals surface area contributed by atoms with Crippen molar-refractivity contribution in [2.24, 2.45) is 5.73 Å². The molecule has 4 nitrogen and oxygen atoms in total. The Hall–Kier alpha value is -1.26. The molecular weight excluding hydrogens is 242 g/mol. The van der Waals surface area contributed by atoms with Gasteiger partial charge in [-0.3, -0.25) is 0 Å². The monoisotopic (exact) mass is 265 g/mol. The molecule has 2 rings (SSSR count). The third-order valence-corrected chi connectivity index (χ3v) is 3.46. The van der Waals surface area contributed by atoms with Crippen LogP contribution in [0.1, 0.15) is 25.3 Å². The highest BCUT2D eigenvalue weighted by Gasteiger charge is 2.19. The molecule has 0 bridgehead atoms. The predicted molar refractivity (Wildman–Crippen MR) is 74.8 cm³/mol. The van der Waals surface area contributed by atoms with Crippen LogP contribution in [0, 0.1) is 0 Å². The van der Waals surface area contributed by atoms with Crippen LogP contribution in [0.5, 0.6) is 11.5 Å². The highest BCUT2D eigenvalue weighted by Crippen LogP contribution is 2.27. The maximum absolute atomic E-state index is 6.05. The molecule has 19 heavy (non-hydrogen) atoms. The van der Waals surface area contributed by atoms with Crippen LogP contribution in [0.25, 0.3) is 0 Å². The lowest BCUT2D eigenvalue weighted by atomic mass is 10.0. The molecule has 0 spiro atoms. The summed E-state index contributed by atoms with van der Waals surface area (Å²) in [6.07, 6.45) is 2.86. The van der Waals surface area contributed by atoms with Crippen LogP contribution in [-0.4, -0.2) is 32.5 Å². The number of hydrogen-bond acceptors (Lipinski definition) is 4. The highest BCUT2D eigenvalue weighted by molar-refractivity contribution is 5.41. The molecule has 0 amide bonds. The second-order valence-corrected chi connectivity index (χ2v) is 4.95. The lowest BCUT2D eigenvalue weighted by Gasteiger charge is -2.18. The molecule has 4 heteroatoms. The summed E-state index contributed by atoms with van der Waals surface area (Å²) in [4.78, 5) is 0. The molecule has 1 aliphatic rings. The van der Waals surface area contributed by atoms with Crippen molar-refractivity contribution in [3.63, 3.8) is 0 Å². The van der Waals surface area contributed by atoms with Gasteiger partial charge in [0.15, 0.2) is 0 Å². The summed E-state index contributed by atoms with van der Waals surface area (Å²) in [5.41, 5.74) is 7.16. The minimum Gasteiger partial charge on any atom is -0.497 e. The molecule has 0 saturated carbocycles. The van der Waals surface area contributed by atoms with Crippen LogP contribution >= 0.6 is 0 Å². The number of rotatable bonds is 6. The van der Waals surface area contributed by atoms with E-state index in [0.29, 0.717) is 6.61 Å². The smallest absolute Gasteiger partial charge is 0.124 e. The first kappa shape index (κ1) is 14.2. The van der Waals surface area contributed by atoms with Crippen molar-refractivity contribution in [2.75, 3.05) is 20.3 Å². The zero-order valence-electron chi connectivity index (χ0n) is 11.7. The molecule has 1 fully saturated rings. The van der Waals surface area contributed by atoms with Gasteiger partial charge in [0.1, 0.15) is 17.6 Å². The van der Waals surface area contributed by atoms with Gasteiger partial charge >= 0.3 is 0 Å². The fourth-order valence-corrected chi connectivity index (χ4v) is 2.17. The van der Waals surface area contributed by atoms with Gasteiger partial charge in [-0.2, -0.15) is 0 Å². The predicted octanol–water partition coefficient (Wildman–Crippen LogP) is 2.14. The zero-order valence-corrected chi connectivity index (χ0v) is 11.7. The Labute approximate surface area is 114 Å². The molecule has 0 radical (unpaired) electrons. The van der Waals surface area contributed by atoms with E-state index in [9.17, 15) is 0 Å². The van der Waals surface area contributed by atoms with Crippen LogP contribution in [0.3, 0.4) is 0 Å². The Kier molecular flexibility index (Phi) is 5.05. The van der Waals surface area contributed by atoms with Crippen LogP contribution in [-0.2, 0) is 11.2 Å². The van der Waals surface area contributed by atoms with Gasteiger partial charge in [0.05, 0.1) is 20.3 Å². The average Bonchev–Trinajstić information content (AvgIpc) is 2.93. The van der Waals surface area contributed by atoms with E-state index in [0.717, 1.165) is 42.9 Å². The third-order valence-electron chi connectivity index (χ3n) is 3.46. The quantitative estimate of drug-likeness (QED) is 0.856. The third kappa shape index (κ3) is 3.85. The summed E-state index contributed by atoms with van der Waals surface area (Å²) in [6.45, 7) is 3.55. The molecule has 0 aliphatic carbocycles. The maximum Gasteiger partial charge on any atom is 0.124 e. The van der Waals surface area contributed by atoms with Gasteiger partial charge in [-0.1, -0.05) is 6.92 Å². The zero-order chi connectivity index (χ0) is 13.7. The van der Waals surface area contributed by atoms with Crippen LogP contribution < -0.4 is 15.2 Å². The van der Waals surface area contributed by atoms with Crippen molar-refractivity contribution in [1.29, 1.82) is 0 Å².